The van der Waals surface area contributed by atoms with Crippen LogP contribution in [0.5, 0.6) is 0 Å². The SMILES string of the molecule is CC(C)CC(N)C(=O)c1ccc2c(c1)CCC2.Cl. The Morgan fingerprint density at radius 1 is 1.28 bits per heavy atom. The third-order valence-corrected chi connectivity index (χ3v) is 3.45. The van der Waals surface area contributed by atoms with Crippen LogP contribution in [0, 0.1) is 5.92 Å². The summed E-state index contributed by atoms with van der Waals surface area (Å²) in [5.41, 5.74) is 9.48. The summed E-state index contributed by atoms with van der Waals surface area (Å²) >= 11 is 0. The van der Waals surface area contributed by atoms with E-state index in [1.807, 2.05) is 12.1 Å². The molecule has 0 saturated carbocycles. The first-order valence-electron chi connectivity index (χ1n) is 6.49. The predicted octanol–water partition coefficient (Wildman–Crippen LogP) is 3.15. The number of fused-ring (bicyclic) bond motifs is 1. The van der Waals surface area contributed by atoms with Crippen molar-refractivity contribution in [3.63, 3.8) is 0 Å². The second kappa shape index (κ2) is 6.35. The number of halogens is 1. The van der Waals surface area contributed by atoms with Gasteiger partial charge in [0.25, 0.3) is 0 Å². The standard InChI is InChI=1S/C15H21NO.ClH/c1-10(2)8-14(16)15(17)13-7-6-11-4-3-5-12(11)9-13;/h6-7,9-10,14H,3-5,8,16H2,1-2H3;1H. The zero-order valence-corrected chi connectivity index (χ0v) is 11.9. The molecule has 2 N–H and O–H groups in total. The van der Waals surface area contributed by atoms with Gasteiger partial charge in [-0.2, -0.15) is 0 Å². The van der Waals surface area contributed by atoms with Crippen LogP contribution >= 0.6 is 12.4 Å². The summed E-state index contributed by atoms with van der Waals surface area (Å²) in [7, 11) is 0. The lowest BCUT2D eigenvalue weighted by Gasteiger charge is -2.13. The topological polar surface area (TPSA) is 43.1 Å². The average molecular weight is 268 g/mol. The minimum Gasteiger partial charge on any atom is -0.321 e. The van der Waals surface area contributed by atoms with Gasteiger partial charge >= 0.3 is 0 Å². The Hall–Kier alpha value is -0.860. The van der Waals surface area contributed by atoms with Gasteiger partial charge in [0.05, 0.1) is 6.04 Å². The first-order chi connectivity index (χ1) is 8.08. The molecule has 0 heterocycles. The highest BCUT2D eigenvalue weighted by atomic mass is 35.5. The van der Waals surface area contributed by atoms with E-state index in [9.17, 15) is 4.79 Å². The lowest BCUT2D eigenvalue weighted by atomic mass is 9.95. The number of hydrogen-bond acceptors (Lipinski definition) is 2. The van der Waals surface area contributed by atoms with Crippen LogP contribution in [0.3, 0.4) is 0 Å². The number of carbonyl (C=O) groups excluding carboxylic acids is 1. The van der Waals surface area contributed by atoms with Crippen molar-refractivity contribution in [1.29, 1.82) is 0 Å². The minimum absolute atomic E-state index is 0. The smallest absolute Gasteiger partial charge is 0.179 e. The van der Waals surface area contributed by atoms with Crippen LogP contribution < -0.4 is 5.73 Å². The second-order valence-electron chi connectivity index (χ2n) is 5.44. The van der Waals surface area contributed by atoms with E-state index < -0.39 is 0 Å². The Bertz CT molecular complexity index is 429. The Labute approximate surface area is 115 Å². The maximum atomic E-state index is 12.2. The number of aryl methyl sites for hydroxylation is 2. The van der Waals surface area contributed by atoms with E-state index in [-0.39, 0.29) is 24.2 Å². The monoisotopic (exact) mass is 267 g/mol. The molecule has 0 saturated heterocycles. The maximum absolute atomic E-state index is 12.2. The van der Waals surface area contributed by atoms with Gasteiger partial charge in [-0.05, 0) is 48.8 Å². The number of hydrogen-bond donors (Lipinski definition) is 1. The van der Waals surface area contributed by atoms with Gasteiger partial charge in [0, 0.05) is 5.56 Å². The summed E-state index contributed by atoms with van der Waals surface area (Å²) in [4.78, 5) is 12.2. The van der Waals surface area contributed by atoms with E-state index in [2.05, 4.69) is 19.9 Å². The molecule has 0 fully saturated rings. The van der Waals surface area contributed by atoms with Crippen molar-refractivity contribution in [2.24, 2.45) is 11.7 Å². The Morgan fingerprint density at radius 2 is 1.94 bits per heavy atom. The molecule has 18 heavy (non-hydrogen) atoms. The molecule has 1 aliphatic carbocycles. The molecule has 0 bridgehead atoms. The van der Waals surface area contributed by atoms with Crippen LogP contribution in [-0.2, 0) is 12.8 Å². The third-order valence-electron chi connectivity index (χ3n) is 3.45. The Morgan fingerprint density at radius 3 is 2.61 bits per heavy atom. The third kappa shape index (κ3) is 3.33. The Balaban J connectivity index is 0.00000162. The molecule has 1 atom stereocenters. The van der Waals surface area contributed by atoms with Crippen molar-refractivity contribution in [2.75, 3.05) is 0 Å². The number of Topliss-reactive ketones (excluding diaryl/α,β-unsaturated/α-hetero) is 1. The molecule has 1 aromatic rings. The van der Waals surface area contributed by atoms with Crippen molar-refractivity contribution in [3.8, 4) is 0 Å². The first-order valence-corrected chi connectivity index (χ1v) is 6.49. The lowest BCUT2D eigenvalue weighted by molar-refractivity contribution is 0.0951. The molecule has 2 rings (SSSR count). The molecule has 0 amide bonds. The molecular formula is C15H22ClNO. The van der Waals surface area contributed by atoms with Gasteiger partial charge in [-0.1, -0.05) is 26.0 Å². The van der Waals surface area contributed by atoms with E-state index in [1.54, 1.807) is 0 Å². The number of ketones is 1. The van der Waals surface area contributed by atoms with E-state index in [0.717, 1.165) is 24.8 Å². The van der Waals surface area contributed by atoms with Gasteiger partial charge in [0.1, 0.15) is 0 Å². The molecular weight excluding hydrogens is 246 g/mol. The van der Waals surface area contributed by atoms with Gasteiger partial charge in [-0.15, -0.1) is 12.4 Å². The quantitative estimate of drug-likeness (QED) is 0.852. The van der Waals surface area contributed by atoms with Crippen LogP contribution in [0.1, 0.15) is 48.2 Å². The molecule has 1 aromatic carbocycles. The molecule has 1 unspecified atom stereocenters. The molecule has 2 nitrogen and oxygen atoms in total. The van der Waals surface area contributed by atoms with Crippen LogP contribution in [0.4, 0.5) is 0 Å². The highest BCUT2D eigenvalue weighted by Gasteiger charge is 2.19. The Kier molecular flexibility index (Phi) is 5.36. The highest BCUT2D eigenvalue weighted by Crippen LogP contribution is 2.23. The zero-order valence-electron chi connectivity index (χ0n) is 11.1. The van der Waals surface area contributed by atoms with Crippen molar-refractivity contribution in [2.45, 2.75) is 45.6 Å². The molecule has 0 spiro atoms. The van der Waals surface area contributed by atoms with Crippen molar-refractivity contribution < 1.29 is 4.79 Å². The van der Waals surface area contributed by atoms with Crippen molar-refractivity contribution in [3.05, 3.63) is 34.9 Å². The summed E-state index contributed by atoms with van der Waals surface area (Å²) in [6.45, 7) is 4.19. The van der Waals surface area contributed by atoms with E-state index >= 15 is 0 Å². The fraction of sp³-hybridized carbons (Fsp3) is 0.533. The zero-order chi connectivity index (χ0) is 12.4. The predicted molar refractivity (Wildman–Crippen MR) is 77.5 cm³/mol. The van der Waals surface area contributed by atoms with Crippen molar-refractivity contribution in [1.82, 2.24) is 0 Å². The number of benzene rings is 1. The maximum Gasteiger partial charge on any atom is 0.179 e. The van der Waals surface area contributed by atoms with Crippen LogP contribution in [0.25, 0.3) is 0 Å². The summed E-state index contributed by atoms with van der Waals surface area (Å²) in [5, 5.41) is 0. The van der Waals surface area contributed by atoms with Crippen LogP contribution in [-0.4, -0.2) is 11.8 Å². The van der Waals surface area contributed by atoms with Gasteiger partial charge in [-0.3, -0.25) is 4.79 Å². The number of carbonyl (C=O) groups is 1. The number of rotatable bonds is 4. The summed E-state index contributed by atoms with van der Waals surface area (Å²) in [6, 6.07) is 5.73. The van der Waals surface area contributed by atoms with Gasteiger partial charge in [0.15, 0.2) is 5.78 Å². The molecule has 0 aliphatic heterocycles. The van der Waals surface area contributed by atoms with Crippen molar-refractivity contribution >= 4 is 18.2 Å². The highest BCUT2D eigenvalue weighted by molar-refractivity contribution is 6.00. The second-order valence-corrected chi connectivity index (χ2v) is 5.44. The molecule has 1 aliphatic rings. The van der Waals surface area contributed by atoms with E-state index in [0.29, 0.717) is 5.92 Å². The van der Waals surface area contributed by atoms with Gasteiger partial charge in [-0.25, -0.2) is 0 Å². The lowest BCUT2D eigenvalue weighted by Crippen LogP contribution is -2.32. The summed E-state index contributed by atoms with van der Waals surface area (Å²) in [5.74, 6) is 0.553. The molecule has 0 aromatic heterocycles. The van der Waals surface area contributed by atoms with Gasteiger partial charge in [0.2, 0.25) is 0 Å². The molecule has 0 radical (unpaired) electrons. The minimum atomic E-state index is -0.352. The fourth-order valence-corrected chi connectivity index (χ4v) is 2.55. The summed E-state index contributed by atoms with van der Waals surface area (Å²) < 4.78 is 0. The first kappa shape index (κ1) is 15.2. The largest absolute Gasteiger partial charge is 0.321 e. The average Bonchev–Trinajstić information content (AvgIpc) is 2.73. The van der Waals surface area contributed by atoms with Crippen LogP contribution in [0.2, 0.25) is 0 Å². The number of nitrogens with two attached hydrogens (primary N) is 1. The van der Waals surface area contributed by atoms with E-state index in [4.69, 9.17) is 5.73 Å². The normalized spacial score (nSPS) is 15.1. The van der Waals surface area contributed by atoms with Crippen LogP contribution in [0.15, 0.2) is 18.2 Å². The molecule has 3 heteroatoms. The fourth-order valence-electron chi connectivity index (χ4n) is 2.55. The van der Waals surface area contributed by atoms with E-state index in [1.165, 1.54) is 17.5 Å². The van der Waals surface area contributed by atoms with Gasteiger partial charge < -0.3 is 5.73 Å². The summed E-state index contributed by atoms with van der Waals surface area (Å²) in [6.07, 6.45) is 4.23. The molecule has 100 valence electrons.